The molecule has 0 aliphatic carbocycles. The van der Waals surface area contributed by atoms with Crippen LogP contribution in [0.5, 0.6) is 11.5 Å². The van der Waals surface area contributed by atoms with Crippen LogP contribution >= 0.6 is 0 Å². The molecule has 0 atom stereocenters. The number of rotatable bonds is 9. The minimum atomic E-state index is -0.241. The number of hydrogen-bond donors (Lipinski definition) is 1. The Kier molecular flexibility index (Phi) is 6.62. The lowest BCUT2D eigenvalue weighted by atomic mass is 10.2. The second-order valence-electron chi connectivity index (χ2n) is 6.20. The highest BCUT2D eigenvalue weighted by Crippen LogP contribution is 2.31. The van der Waals surface area contributed by atoms with Crippen molar-refractivity contribution in [2.75, 3.05) is 13.7 Å². The van der Waals surface area contributed by atoms with E-state index in [2.05, 4.69) is 14.7 Å². The Bertz CT molecular complexity index is 985. The lowest BCUT2D eigenvalue weighted by molar-refractivity contribution is -0.140. The van der Waals surface area contributed by atoms with Gasteiger partial charge in [0.2, 0.25) is 0 Å². The van der Waals surface area contributed by atoms with E-state index in [1.54, 1.807) is 12.1 Å². The number of benzene rings is 2. The summed E-state index contributed by atoms with van der Waals surface area (Å²) in [4.78, 5) is 30.0. The highest BCUT2D eigenvalue weighted by Gasteiger charge is 2.11. The summed E-state index contributed by atoms with van der Waals surface area (Å²) < 4.78 is 16.4. The highest BCUT2D eigenvalue weighted by molar-refractivity contribution is 5.81. The summed E-state index contributed by atoms with van der Waals surface area (Å²) in [6.07, 6.45) is 3.04. The molecule has 0 saturated carbocycles. The molecule has 3 aromatic rings. The molecule has 1 N–H and O–H groups in total. The Labute approximate surface area is 162 Å². The van der Waals surface area contributed by atoms with Gasteiger partial charge in [0, 0.05) is 12.5 Å². The van der Waals surface area contributed by atoms with Gasteiger partial charge in [-0.2, -0.15) is 0 Å². The van der Waals surface area contributed by atoms with Crippen LogP contribution < -0.4 is 15.0 Å². The van der Waals surface area contributed by atoms with E-state index in [0.717, 1.165) is 5.56 Å². The predicted octanol–water partition coefficient (Wildman–Crippen LogP) is 3.22. The molecule has 28 heavy (non-hydrogen) atoms. The van der Waals surface area contributed by atoms with Crippen LogP contribution in [-0.4, -0.2) is 29.7 Å². The number of H-pyrrole nitrogens is 1. The monoisotopic (exact) mass is 382 g/mol. The number of fused-ring (bicyclic) bond motifs is 1. The molecule has 2 aromatic carbocycles. The molecule has 0 bridgehead atoms. The quantitative estimate of drug-likeness (QED) is 0.451. The first-order valence-corrected chi connectivity index (χ1v) is 9.05. The third-order valence-electron chi connectivity index (χ3n) is 4.20. The molecule has 0 unspecified atom stereocenters. The number of unbranched alkanes of at least 4 members (excludes halogenated alkanes) is 1. The van der Waals surface area contributed by atoms with Crippen molar-refractivity contribution in [3.05, 3.63) is 64.7 Å². The third-order valence-corrected chi connectivity index (χ3v) is 4.20. The summed E-state index contributed by atoms with van der Waals surface area (Å²) >= 11 is 0. The summed E-state index contributed by atoms with van der Waals surface area (Å²) in [7, 11) is 1.37. The fourth-order valence-corrected chi connectivity index (χ4v) is 2.69. The van der Waals surface area contributed by atoms with Crippen LogP contribution in [0.3, 0.4) is 0 Å². The van der Waals surface area contributed by atoms with Crippen LogP contribution in [0, 0.1) is 0 Å². The lowest BCUT2D eigenvalue weighted by Gasteiger charge is -2.14. The number of carbonyl (C=O) groups is 1. The Balaban J connectivity index is 1.74. The maximum atomic E-state index is 12.1. The first-order chi connectivity index (χ1) is 13.7. The molecule has 0 spiro atoms. The van der Waals surface area contributed by atoms with Crippen LogP contribution in [-0.2, 0) is 16.1 Å². The summed E-state index contributed by atoms with van der Waals surface area (Å²) in [6, 6.07) is 13.1. The molecule has 1 aromatic heterocycles. The zero-order valence-electron chi connectivity index (χ0n) is 15.6. The van der Waals surface area contributed by atoms with E-state index in [-0.39, 0.29) is 11.5 Å². The average Bonchev–Trinajstić information content (AvgIpc) is 2.73. The molecule has 0 saturated heterocycles. The van der Waals surface area contributed by atoms with Gasteiger partial charge in [0.1, 0.15) is 6.61 Å². The number of nitrogens with one attached hydrogen (secondary N) is 1. The van der Waals surface area contributed by atoms with E-state index < -0.39 is 0 Å². The third kappa shape index (κ3) is 5.09. The zero-order chi connectivity index (χ0) is 19.8. The van der Waals surface area contributed by atoms with Crippen molar-refractivity contribution in [2.24, 2.45) is 0 Å². The van der Waals surface area contributed by atoms with E-state index >= 15 is 0 Å². The molecule has 0 amide bonds. The number of esters is 1. The molecule has 7 heteroatoms. The number of hydrogen-bond acceptors (Lipinski definition) is 6. The minimum Gasteiger partial charge on any atom is -0.490 e. The summed E-state index contributed by atoms with van der Waals surface area (Å²) in [5.41, 5.74) is 1.31. The van der Waals surface area contributed by atoms with E-state index in [9.17, 15) is 9.59 Å². The fourth-order valence-electron chi connectivity index (χ4n) is 2.69. The number of methoxy groups -OCH3 is 1. The number of ether oxygens (including phenoxy) is 3. The molecule has 146 valence electrons. The molecule has 0 aliphatic heterocycles. The van der Waals surface area contributed by atoms with Crippen molar-refractivity contribution >= 4 is 16.9 Å². The van der Waals surface area contributed by atoms with Gasteiger partial charge in [0.15, 0.2) is 11.5 Å². The Hall–Kier alpha value is -3.35. The van der Waals surface area contributed by atoms with E-state index in [1.165, 1.54) is 13.4 Å². The van der Waals surface area contributed by atoms with Crippen molar-refractivity contribution < 1.29 is 19.0 Å². The average molecular weight is 382 g/mol. The highest BCUT2D eigenvalue weighted by atomic mass is 16.5. The Morgan fingerprint density at radius 1 is 1.07 bits per heavy atom. The molecule has 0 radical (unpaired) electrons. The molecule has 1 heterocycles. The molecule has 3 rings (SSSR count). The van der Waals surface area contributed by atoms with Gasteiger partial charge < -0.3 is 19.2 Å². The van der Waals surface area contributed by atoms with Crippen molar-refractivity contribution in [3.63, 3.8) is 0 Å². The molecule has 7 nitrogen and oxygen atoms in total. The largest absolute Gasteiger partial charge is 0.490 e. The van der Waals surface area contributed by atoms with Crippen LogP contribution in [0.1, 0.15) is 24.8 Å². The predicted molar refractivity (Wildman–Crippen MR) is 104 cm³/mol. The van der Waals surface area contributed by atoms with E-state index in [1.807, 2.05) is 30.3 Å². The van der Waals surface area contributed by atoms with Gasteiger partial charge in [-0.15, -0.1) is 0 Å². The fraction of sp³-hybridized carbons (Fsp3) is 0.286. The normalized spacial score (nSPS) is 10.6. The van der Waals surface area contributed by atoms with Crippen molar-refractivity contribution in [2.45, 2.75) is 25.9 Å². The maximum absolute atomic E-state index is 12.1. The van der Waals surface area contributed by atoms with Crippen molar-refractivity contribution in [1.29, 1.82) is 0 Å². The molecular formula is C21H22N2O5. The molecular weight excluding hydrogens is 360 g/mol. The maximum Gasteiger partial charge on any atom is 0.305 e. The molecule has 0 fully saturated rings. The Morgan fingerprint density at radius 2 is 1.86 bits per heavy atom. The van der Waals surface area contributed by atoms with E-state index in [4.69, 9.17) is 9.47 Å². The van der Waals surface area contributed by atoms with Crippen molar-refractivity contribution in [1.82, 2.24) is 9.97 Å². The number of carbonyl (C=O) groups excluding carboxylic acids is 1. The molecule has 0 aliphatic rings. The summed E-state index contributed by atoms with van der Waals surface area (Å²) in [6.45, 7) is 0.761. The van der Waals surface area contributed by atoms with Gasteiger partial charge in [-0.3, -0.25) is 9.59 Å². The number of aromatic nitrogens is 2. The second-order valence-corrected chi connectivity index (χ2v) is 6.20. The Morgan fingerprint density at radius 3 is 2.64 bits per heavy atom. The first-order valence-electron chi connectivity index (χ1n) is 9.05. The van der Waals surface area contributed by atoms with Crippen LogP contribution in [0.25, 0.3) is 10.9 Å². The minimum absolute atomic E-state index is 0.241. The smallest absolute Gasteiger partial charge is 0.305 e. The lowest BCUT2D eigenvalue weighted by Crippen LogP contribution is -2.08. The standard InChI is InChI=1S/C21H22N2O5/c1-26-20(24)9-5-6-10-27-18-11-16-17(22-14-23-21(16)25)12-19(18)28-13-15-7-3-2-4-8-15/h2-4,7-8,11-12,14H,5-6,9-10,13H2,1H3,(H,22,23,25). The first kappa shape index (κ1) is 19.4. The topological polar surface area (TPSA) is 90.5 Å². The van der Waals surface area contributed by atoms with E-state index in [0.29, 0.717) is 54.9 Å². The van der Waals surface area contributed by atoms with Crippen LogP contribution in [0.4, 0.5) is 0 Å². The second kappa shape index (κ2) is 9.55. The zero-order valence-corrected chi connectivity index (χ0v) is 15.6. The van der Waals surface area contributed by atoms with Gasteiger partial charge in [0.25, 0.3) is 5.56 Å². The number of aromatic amines is 1. The van der Waals surface area contributed by atoms with Gasteiger partial charge >= 0.3 is 5.97 Å². The van der Waals surface area contributed by atoms with Gasteiger partial charge in [-0.25, -0.2) is 4.98 Å². The van der Waals surface area contributed by atoms with Gasteiger partial charge in [-0.05, 0) is 24.5 Å². The van der Waals surface area contributed by atoms with Gasteiger partial charge in [0.05, 0.1) is 30.9 Å². The SMILES string of the molecule is COC(=O)CCCCOc1cc2c(=O)[nH]cnc2cc1OCc1ccccc1. The van der Waals surface area contributed by atoms with Crippen LogP contribution in [0.15, 0.2) is 53.6 Å². The van der Waals surface area contributed by atoms with Crippen molar-refractivity contribution in [3.8, 4) is 11.5 Å². The van der Waals surface area contributed by atoms with Crippen LogP contribution in [0.2, 0.25) is 0 Å². The summed E-state index contributed by atoms with van der Waals surface area (Å²) in [5.74, 6) is 0.748. The summed E-state index contributed by atoms with van der Waals surface area (Å²) in [5, 5.41) is 0.430. The number of nitrogens with zero attached hydrogens (tertiary/aromatic N) is 1. The van der Waals surface area contributed by atoms with Gasteiger partial charge in [-0.1, -0.05) is 30.3 Å².